The van der Waals surface area contributed by atoms with Crippen LogP contribution in [0, 0.1) is 0 Å². The van der Waals surface area contributed by atoms with E-state index in [0.717, 1.165) is 0 Å². The van der Waals surface area contributed by atoms with Gasteiger partial charge in [-0.3, -0.25) is 0 Å². The van der Waals surface area contributed by atoms with Crippen molar-refractivity contribution in [3.05, 3.63) is 0 Å². The minimum absolute atomic E-state index is 0.479. The fraction of sp³-hybridized carbons (Fsp3) is 1.00. The smallest absolute Gasteiger partial charge is 0.389 e. The zero-order chi connectivity index (χ0) is 11.5. The quantitative estimate of drug-likeness (QED) is 0.623. The lowest BCUT2D eigenvalue weighted by molar-refractivity contribution is 0.238. The predicted octanol–water partition coefficient (Wildman–Crippen LogP) is -1.00. The highest BCUT2D eigenvalue weighted by Crippen LogP contribution is 2.27. The van der Waals surface area contributed by atoms with Gasteiger partial charge in [0.1, 0.15) is 0 Å². The van der Waals surface area contributed by atoms with Crippen LogP contribution in [0.15, 0.2) is 0 Å². The first-order chi connectivity index (χ1) is 7.10. The Morgan fingerprint density at radius 2 is 1.67 bits per heavy atom. The van der Waals surface area contributed by atoms with Crippen LogP contribution in [0.2, 0.25) is 6.55 Å². The van der Waals surface area contributed by atoms with Crippen molar-refractivity contribution >= 4 is 41.6 Å². The molecule has 0 N–H and O–H groups in total. The van der Waals surface area contributed by atoms with Crippen molar-refractivity contribution in [1.82, 2.24) is 0 Å². The van der Waals surface area contributed by atoms with Crippen molar-refractivity contribution in [2.45, 2.75) is 6.55 Å². The SMILES string of the molecule is CO[Si]1[Si][Si]O[Si](C)(OC)[Si]1(OC)OC. The van der Waals surface area contributed by atoms with Gasteiger partial charge in [-0.25, -0.2) is 0 Å². The molecule has 0 aromatic carbocycles. The molecule has 0 amide bonds. The fourth-order valence-corrected chi connectivity index (χ4v) is 48.4. The van der Waals surface area contributed by atoms with Crippen LogP contribution in [-0.4, -0.2) is 70.0 Å². The van der Waals surface area contributed by atoms with E-state index in [1.165, 1.54) is 0 Å². The summed E-state index contributed by atoms with van der Waals surface area (Å²) in [5.41, 5.74) is 0. The lowest BCUT2D eigenvalue weighted by atomic mass is 11.8. The van der Waals surface area contributed by atoms with Crippen molar-refractivity contribution in [1.29, 1.82) is 0 Å². The van der Waals surface area contributed by atoms with Gasteiger partial charge in [-0.2, -0.15) is 0 Å². The third-order valence-electron chi connectivity index (χ3n) is 2.48. The van der Waals surface area contributed by atoms with Crippen LogP contribution >= 0.6 is 0 Å². The third kappa shape index (κ3) is 2.15. The zero-order valence-corrected chi connectivity index (χ0v) is 14.5. The van der Waals surface area contributed by atoms with Crippen LogP contribution in [0.25, 0.3) is 0 Å². The average Bonchev–Trinajstić information content (AvgIpc) is 2.28. The van der Waals surface area contributed by atoms with Crippen LogP contribution < -0.4 is 0 Å². The summed E-state index contributed by atoms with van der Waals surface area (Å²) in [6.07, 6.45) is 0. The van der Waals surface area contributed by atoms with Gasteiger partial charge in [0, 0.05) is 28.4 Å². The van der Waals surface area contributed by atoms with Crippen LogP contribution in [0.5, 0.6) is 0 Å². The highest BCUT2D eigenvalue weighted by molar-refractivity contribution is 7.73. The van der Waals surface area contributed by atoms with Crippen LogP contribution in [0.4, 0.5) is 0 Å². The summed E-state index contributed by atoms with van der Waals surface area (Å²) in [7, 11) is 2.13. The Morgan fingerprint density at radius 3 is 2.07 bits per heavy atom. The maximum Gasteiger partial charge on any atom is 0.389 e. The van der Waals surface area contributed by atoms with E-state index in [1.54, 1.807) is 28.4 Å². The maximum atomic E-state index is 5.86. The van der Waals surface area contributed by atoms with Gasteiger partial charge in [0.05, 0.1) is 8.55 Å². The van der Waals surface area contributed by atoms with Gasteiger partial charge in [-0.1, -0.05) is 0 Å². The van der Waals surface area contributed by atoms with Crippen LogP contribution in [0.3, 0.4) is 0 Å². The standard InChI is InChI=1S/C5H15O5Si5/c1-6-13-12-11-10-14(5,7-2)15(13,8-3)9-4/h1-5H3. The highest BCUT2D eigenvalue weighted by atomic mass is 29.9. The lowest BCUT2D eigenvalue weighted by Crippen LogP contribution is -2.81. The molecule has 0 aromatic heterocycles. The van der Waals surface area contributed by atoms with E-state index in [2.05, 4.69) is 0 Å². The lowest BCUT2D eigenvalue weighted by Gasteiger charge is -2.45. The Kier molecular flexibility index (Phi) is 5.09. The summed E-state index contributed by atoms with van der Waals surface area (Å²) < 4.78 is 28.4. The summed E-state index contributed by atoms with van der Waals surface area (Å²) in [6.45, 7) is 2.02. The van der Waals surface area contributed by atoms with E-state index in [9.17, 15) is 0 Å². The van der Waals surface area contributed by atoms with E-state index in [1.807, 2.05) is 6.55 Å². The Labute approximate surface area is 98.5 Å². The van der Waals surface area contributed by atoms with Crippen LogP contribution in [-0.2, 0) is 21.8 Å². The molecule has 0 bridgehead atoms. The molecule has 85 valence electrons. The molecule has 0 saturated carbocycles. The predicted molar refractivity (Wildman–Crippen MR) is 63.8 cm³/mol. The fourth-order valence-electron chi connectivity index (χ4n) is 1.53. The molecule has 1 unspecified atom stereocenters. The maximum absolute atomic E-state index is 5.86. The molecule has 0 spiro atoms. The number of hydrogen-bond donors (Lipinski definition) is 0. The number of rotatable bonds is 4. The van der Waals surface area contributed by atoms with Crippen molar-refractivity contribution in [2.24, 2.45) is 0 Å². The van der Waals surface area contributed by atoms with Gasteiger partial charge < -0.3 is 21.8 Å². The minimum atomic E-state index is -2.42. The summed E-state index contributed by atoms with van der Waals surface area (Å²) in [5, 5.41) is 0. The van der Waals surface area contributed by atoms with E-state index < -0.39 is 23.7 Å². The molecule has 5 nitrogen and oxygen atoms in total. The first-order valence-corrected chi connectivity index (χ1v) is 15.8. The van der Waals surface area contributed by atoms with E-state index in [4.69, 9.17) is 21.8 Å². The molecular weight excluding hydrogens is 280 g/mol. The molecule has 0 aliphatic carbocycles. The van der Waals surface area contributed by atoms with Gasteiger partial charge in [0.15, 0.2) is 9.28 Å². The molecular formula is C5H15O5Si5. The second kappa shape index (κ2) is 5.48. The monoisotopic (exact) mass is 295 g/mol. The Hall–Kier alpha value is 0.884. The van der Waals surface area contributed by atoms with Gasteiger partial charge in [-0.05, 0) is 6.55 Å². The highest BCUT2D eigenvalue weighted by Gasteiger charge is 2.68. The summed E-state index contributed by atoms with van der Waals surface area (Å²) >= 11 is 0. The van der Waals surface area contributed by atoms with Crippen molar-refractivity contribution in [3.8, 4) is 0 Å². The Balaban J connectivity index is 3.05. The molecule has 15 heavy (non-hydrogen) atoms. The topological polar surface area (TPSA) is 46.2 Å². The van der Waals surface area contributed by atoms with Gasteiger partial charge in [-0.15, -0.1) is 0 Å². The molecule has 5 radical (unpaired) electrons. The van der Waals surface area contributed by atoms with Crippen LogP contribution in [0.1, 0.15) is 0 Å². The molecule has 1 atom stereocenters. The molecule has 1 saturated heterocycles. The largest absolute Gasteiger partial charge is 0.438 e. The molecule has 1 aliphatic rings. The second-order valence-electron chi connectivity index (χ2n) is 3.04. The van der Waals surface area contributed by atoms with Gasteiger partial charge in [0.25, 0.3) is 0 Å². The van der Waals surface area contributed by atoms with E-state index in [0.29, 0.717) is 17.8 Å². The Bertz CT molecular complexity index is 214. The summed E-state index contributed by atoms with van der Waals surface area (Å²) in [5.74, 6) is 0. The first-order valence-electron chi connectivity index (χ1n) is 4.36. The molecule has 1 rings (SSSR count). The van der Waals surface area contributed by atoms with Gasteiger partial charge in [0.2, 0.25) is 8.08 Å². The van der Waals surface area contributed by atoms with Crippen molar-refractivity contribution < 1.29 is 21.8 Å². The normalized spacial score (nSPS) is 31.8. The van der Waals surface area contributed by atoms with Crippen molar-refractivity contribution in [3.63, 3.8) is 0 Å². The van der Waals surface area contributed by atoms with E-state index >= 15 is 0 Å². The molecule has 1 fully saturated rings. The molecule has 1 heterocycles. The summed E-state index contributed by atoms with van der Waals surface area (Å²) in [6, 6.07) is 0. The van der Waals surface area contributed by atoms with Crippen molar-refractivity contribution in [2.75, 3.05) is 28.4 Å². The molecule has 10 heteroatoms. The molecule has 1 aliphatic heterocycles. The first kappa shape index (κ1) is 13.9. The zero-order valence-electron chi connectivity index (χ0n) is 9.54. The second-order valence-corrected chi connectivity index (χ2v) is 25.7. The third-order valence-corrected chi connectivity index (χ3v) is 39.1. The summed E-state index contributed by atoms with van der Waals surface area (Å²) in [4.78, 5) is 0. The Morgan fingerprint density at radius 1 is 1.07 bits per heavy atom. The van der Waals surface area contributed by atoms with Gasteiger partial charge >= 0.3 is 15.7 Å². The van der Waals surface area contributed by atoms with E-state index in [-0.39, 0.29) is 0 Å². The molecule has 0 aromatic rings. The minimum Gasteiger partial charge on any atom is -0.438 e. The number of hydrogen-bond acceptors (Lipinski definition) is 5. The average molecular weight is 296 g/mol.